The molecule has 1 atom stereocenters. The first kappa shape index (κ1) is 16.1. The molecule has 0 radical (unpaired) electrons. The van der Waals surface area contributed by atoms with Crippen LogP contribution in [-0.4, -0.2) is 41.9 Å². The smallest absolute Gasteiger partial charge is 0.255 e. The van der Waals surface area contributed by atoms with Crippen molar-refractivity contribution in [3.8, 4) is 0 Å². The van der Waals surface area contributed by atoms with Crippen molar-refractivity contribution in [3.63, 3.8) is 0 Å². The minimum Gasteiger partial charge on any atom is -0.355 e. The van der Waals surface area contributed by atoms with Gasteiger partial charge in [-0.25, -0.2) is 18.7 Å². The predicted octanol–water partition coefficient (Wildman–Crippen LogP) is 1.95. The van der Waals surface area contributed by atoms with Gasteiger partial charge < -0.3 is 10.2 Å². The van der Waals surface area contributed by atoms with E-state index in [1.54, 1.807) is 6.33 Å². The summed E-state index contributed by atoms with van der Waals surface area (Å²) in [5, 5.41) is 2.34. The van der Waals surface area contributed by atoms with Gasteiger partial charge in [-0.1, -0.05) is 0 Å². The van der Waals surface area contributed by atoms with Crippen LogP contribution in [0.25, 0.3) is 0 Å². The van der Waals surface area contributed by atoms with Crippen LogP contribution in [0.4, 0.5) is 14.6 Å². The number of anilines is 1. The Morgan fingerprint density at radius 2 is 2.13 bits per heavy atom. The molecule has 1 aromatic rings. The first-order valence-electron chi connectivity index (χ1n) is 8.28. The van der Waals surface area contributed by atoms with Gasteiger partial charge in [-0.2, -0.15) is 0 Å². The fourth-order valence-corrected chi connectivity index (χ4v) is 3.48. The highest BCUT2D eigenvalue weighted by Crippen LogP contribution is 2.30. The molecular weight excluding hydrogens is 302 g/mol. The van der Waals surface area contributed by atoms with Gasteiger partial charge in [0.15, 0.2) is 0 Å². The zero-order valence-corrected chi connectivity index (χ0v) is 13.1. The summed E-state index contributed by atoms with van der Waals surface area (Å²) in [6.45, 7) is 0.818. The lowest BCUT2D eigenvalue weighted by atomic mass is 9.93. The number of aryl methyl sites for hydroxylation is 1. The maximum absolute atomic E-state index is 12.3. The predicted molar refractivity (Wildman–Crippen MR) is 82.6 cm³/mol. The summed E-state index contributed by atoms with van der Waals surface area (Å²) in [5.41, 5.74) is 2.32. The first-order valence-corrected chi connectivity index (χ1v) is 8.28. The third-order valence-corrected chi connectivity index (χ3v) is 4.62. The summed E-state index contributed by atoms with van der Waals surface area (Å²) >= 11 is 0. The average Bonchev–Trinajstić information content (AvgIpc) is 2.59. The zero-order valence-electron chi connectivity index (χ0n) is 13.1. The molecule has 0 aromatic carbocycles. The molecule has 2 aliphatic rings. The number of nitrogens with one attached hydrogen (secondary N) is 1. The van der Waals surface area contributed by atoms with E-state index in [4.69, 9.17) is 0 Å². The highest BCUT2D eigenvalue weighted by Gasteiger charge is 2.29. The molecule has 2 heterocycles. The highest BCUT2D eigenvalue weighted by atomic mass is 19.3. The number of rotatable bonds is 4. The number of carbonyl (C=O) groups is 1. The van der Waals surface area contributed by atoms with Gasteiger partial charge in [0.05, 0.1) is 12.5 Å². The normalized spacial score (nSPS) is 21.2. The monoisotopic (exact) mass is 324 g/mol. The molecule has 126 valence electrons. The van der Waals surface area contributed by atoms with Crippen molar-refractivity contribution in [2.75, 3.05) is 24.5 Å². The van der Waals surface area contributed by atoms with E-state index >= 15 is 0 Å². The molecule has 1 unspecified atom stereocenters. The van der Waals surface area contributed by atoms with E-state index in [9.17, 15) is 13.6 Å². The van der Waals surface area contributed by atoms with Crippen molar-refractivity contribution < 1.29 is 13.6 Å². The third-order valence-electron chi connectivity index (χ3n) is 4.62. The van der Waals surface area contributed by atoms with Crippen LogP contribution in [-0.2, 0) is 17.6 Å². The van der Waals surface area contributed by atoms with Crippen LogP contribution < -0.4 is 10.2 Å². The van der Waals surface area contributed by atoms with Gasteiger partial charge >= 0.3 is 0 Å². The second kappa shape index (κ2) is 7.19. The lowest BCUT2D eigenvalue weighted by Gasteiger charge is -2.34. The third kappa shape index (κ3) is 3.76. The fraction of sp³-hybridized carbons (Fsp3) is 0.688. The van der Waals surface area contributed by atoms with Crippen LogP contribution in [0.15, 0.2) is 6.33 Å². The first-order chi connectivity index (χ1) is 11.1. The van der Waals surface area contributed by atoms with Crippen LogP contribution in [0.5, 0.6) is 0 Å². The average molecular weight is 324 g/mol. The molecule has 23 heavy (non-hydrogen) atoms. The van der Waals surface area contributed by atoms with Gasteiger partial charge in [0, 0.05) is 24.3 Å². The fourth-order valence-electron chi connectivity index (χ4n) is 3.48. The summed E-state index contributed by atoms with van der Waals surface area (Å²) in [7, 11) is 0. The van der Waals surface area contributed by atoms with Gasteiger partial charge in [-0.3, -0.25) is 4.79 Å². The molecule has 1 amide bonds. The highest BCUT2D eigenvalue weighted by molar-refractivity contribution is 5.79. The molecule has 5 nitrogen and oxygen atoms in total. The molecule has 1 fully saturated rings. The van der Waals surface area contributed by atoms with Gasteiger partial charge in [-0.05, 0) is 38.5 Å². The lowest BCUT2D eigenvalue weighted by Crippen LogP contribution is -2.44. The van der Waals surface area contributed by atoms with E-state index in [0.717, 1.165) is 56.6 Å². The number of amides is 1. The Morgan fingerprint density at radius 3 is 2.96 bits per heavy atom. The second-order valence-corrected chi connectivity index (χ2v) is 6.25. The van der Waals surface area contributed by atoms with Gasteiger partial charge in [0.2, 0.25) is 5.91 Å². The van der Waals surface area contributed by atoms with Crippen molar-refractivity contribution in [3.05, 3.63) is 17.6 Å². The summed E-state index contributed by atoms with van der Waals surface area (Å²) in [5.74, 6) is 0.399. The van der Waals surface area contributed by atoms with E-state index in [0.29, 0.717) is 6.54 Å². The van der Waals surface area contributed by atoms with Crippen molar-refractivity contribution in [2.24, 2.45) is 5.92 Å². The minimum absolute atomic E-state index is 0.253. The summed E-state index contributed by atoms with van der Waals surface area (Å²) < 4.78 is 24.5. The van der Waals surface area contributed by atoms with Crippen molar-refractivity contribution >= 4 is 11.7 Å². The maximum Gasteiger partial charge on any atom is 0.255 e. The van der Waals surface area contributed by atoms with Crippen molar-refractivity contribution in [1.82, 2.24) is 15.3 Å². The number of nitrogens with zero attached hydrogens (tertiary/aromatic N) is 3. The van der Waals surface area contributed by atoms with E-state index in [1.807, 2.05) is 0 Å². The molecule has 1 aliphatic carbocycles. The number of halogens is 2. The van der Waals surface area contributed by atoms with Crippen molar-refractivity contribution in [1.29, 1.82) is 0 Å². The zero-order chi connectivity index (χ0) is 16.2. The topological polar surface area (TPSA) is 58.1 Å². The number of carbonyl (C=O) groups excluding carboxylic acids is 1. The Balaban J connectivity index is 1.70. The molecule has 0 spiro atoms. The molecule has 0 saturated carbocycles. The van der Waals surface area contributed by atoms with Gasteiger partial charge in [0.25, 0.3) is 6.43 Å². The molecule has 7 heteroatoms. The number of hydrogen-bond donors (Lipinski definition) is 1. The molecule has 3 rings (SSSR count). The second-order valence-electron chi connectivity index (χ2n) is 6.25. The maximum atomic E-state index is 12.3. The summed E-state index contributed by atoms with van der Waals surface area (Å²) in [6.07, 6.45) is 4.94. The van der Waals surface area contributed by atoms with Gasteiger partial charge in [-0.15, -0.1) is 0 Å². The number of aromatic nitrogens is 2. The Bertz CT molecular complexity index is 567. The quantitative estimate of drug-likeness (QED) is 0.920. The number of hydrogen-bond acceptors (Lipinski definition) is 4. The Labute approximate surface area is 134 Å². The standard InChI is InChI=1S/C16H22F2N4O/c17-14(18)8-19-16(23)11-4-3-7-22(9-11)15-12-5-1-2-6-13(12)20-10-21-15/h10-11,14H,1-9H2,(H,19,23). The number of alkyl halides is 2. The number of fused-ring (bicyclic) bond motifs is 1. The minimum atomic E-state index is -2.51. The molecule has 1 saturated heterocycles. The van der Waals surface area contributed by atoms with Crippen LogP contribution in [0, 0.1) is 5.92 Å². The Morgan fingerprint density at radius 1 is 1.30 bits per heavy atom. The molecule has 1 N–H and O–H groups in total. The van der Waals surface area contributed by atoms with E-state index in [-0.39, 0.29) is 11.8 Å². The van der Waals surface area contributed by atoms with Crippen molar-refractivity contribution in [2.45, 2.75) is 45.0 Å². The molecule has 1 aromatic heterocycles. The van der Waals surface area contributed by atoms with E-state index in [1.165, 1.54) is 5.56 Å². The van der Waals surface area contributed by atoms with Gasteiger partial charge in [0.1, 0.15) is 12.1 Å². The van der Waals surface area contributed by atoms with E-state index < -0.39 is 13.0 Å². The largest absolute Gasteiger partial charge is 0.355 e. The molecule has 1 aliphatic heterocycles. The Kier molecular flexibility index (Phi) is 5.03. The molecular formula is C16H22F2N4O. The lowest BCUT2D eigenvalue weighted by molar-refractivity contribution is -0.125. The van der Waals surface area contributed by atoms with Crippen LogP contribution in [0.1, 0.15) is 36.9 Å². The van der Waals surface area contributed by atoms with Crippen LogP contribution in [0.2, 0.25) is 0 Å². The summed E-state index contributed by atoms with van der Waals surface area (Å²) in [6, 6.07) is 0. The Hall–Kier alpha value is -1.79. The van der Waals surface area contributed by atoms with Crippen LogP contribution in [0.3, 0.4) is 0 Å². The SMILES string of the molecule is O=C(NCC(F)F)C1CCCN(c2ncnc3c2CCCC3)C1. The van der Waals surface area contributed by atoms with Crippen LogP contribution >= 0.6 is 0 Å². The number of piperidine rings is 1. The summed E-state index contributed by atoms with van der Waals surface area (Å²) in [4.78, 5) is 23.0. The van der Waals surface area contributed by atoms with E-state index in [2.05, 4.69) is 20.2 Å². The molecule has 0 bridgehead atoms.